The SMILES string of the molecule is CC(=O)OC(/C(F)=C/F)=C(\F)C(F)C(C)F. The quantitative estimate of drug-likeness (QED) is 0.328. The summed E-state index contributed by atoms with van der Waals surface area (Å²) in [6.45, 7) is 1.44. The van der Waals surface area contributed by atoms with Gasteiger partial charge < -0.3 is 4.74 Å². The van der Waals surface area contributed by atoms with E-state index in [1.54, 1.807) is 0 Å². The van der Waals surface area contributed by atoms with Gasteiger partial charge in [0.05, 0.1) is 0 Å². The zero-order valence-corrected chi connectivity index (χ0v) is 8.44. The Morgan fingerprint density at radius 3 is 2.12 bits per heavy atom. The molecule has 2 atom stereocenters. The van der Waals surface area contributed by atoms with Gasteiger partial charge in [0.15, 0.2) is 17.8 Å². The van der Waals surface area contributed by atoms with E-state index in [1.807, 2.05) is 0 Å². The number of alkyl halides is 2. The standard InChI is InChI=1S/C9H9F5O2/c1-4(11)7(13)8(14)9(6(12)3-10)16-5(2)15/h3-4,7H,1-2H3/b6-3-,9-8-. The molecule has 0 aliphatic rings. The molecule has 92 valence electrons. The monoisotopic (exact) mass is 244 g/mol. The van der Waals surface area contributed by atoms with E-state index in [0.29, 0.717) is 6.92 Å². The summed E-state index contributed by atoms with van der Waals surface area (Å²) in [6, 6.07) is 0. The highest BCUT2D eigenvalue weighted by Gasteiger charge is 2.28. The van der Waals surface area contributed by atoms with Gasteiger partial charge in [-0.1, -0.05) is 0 Å². The second-order valence-electron chi connectivity index (χ2n) is 2.81. The van der Waals surface area contributed by atoms with Gasteiger partial charge in [0.2, 0.25) is 5.76 Å². The summed E-state index contributed by atoms with van der Waals surface area (Å²) in [5.41, 5.74) is 0. The average molecular weight is 244 g/mol. The lowest BCUT2D eigenvalue weighted by molar-refractivity contribution is -0.137. The van der Waals surface area contributed by atoms with Gasteiger partial charge in [0.1, 0.15) is 12.5 Å². The minimum Gasteiger partial charge on any atom is -0.421 e. The molecule has 0 heterocycles. The van der Waals surface area contributed by atoms with Crippen molar-refractivity contribution in [3.05, 3.63) is 23.7 Å². The van der Waals surface area contributed by atoms with Gasteiger partial charge >= 0.3 is 5.97 Å². The lowest BCUT2D eigenvalue weighted by Crippen LogP contribution is -2.17. The molecule has 0 saturated heterocycles. The number of allylic oxidation sites excluding steroid dienone is 2. The molecule has 0 spiro atoms. The fourth-order valence-corrected chi connectivity index (χ4v) is 0.732. The number of rotatable bonds is 4. The Morgan fingerprint density at radius 1 is 1.31 bits per heavy atom. The Kier molecular flexibility index (Phi) is 5.69. The summed E-state index contributed by atoms with van der Waals surface area (Å²) < 4.78 is 66.6. The van der Waals surface area contributed by atoms with Crippen LogP contribution in [0.3, 0.4) is 0 Å². The first-order valence-corrected chi connectivity index (χ1v) is 4.13. The number of halogens is 5. The van der Waals surface area contributed by atoms with E-state index >= 15 is 0 Å². The van der Waals surface area contributed by atoms with Crippen molar-refractivity contribution in [1.82, 2.24) is 0 Å². The maximum atomic E-state index is 13.0. The number of hydrogen-bond acceptors (Lipinski definition) is 2. The Labute approximate surface area is 88.4 Å². The maximum absolute atomic E-state index is 13.0. The van der Waals surface area contributed by atoms with E-state index < -0.39 is 42.1 Å². The van der Waals surface area contributed by atoms with Crippen molar-refractivity contribution < 1.29 is 31.5 Å². The van der Waals surface area contributed by atoms with Crippen molar-refractivity contribution in [2.75, 3.05) is 0 Å². The van der Waals surface area contributed by atoms with Gasteiger partial charge in [-0.2, -0.15) is 0 Å². The molecule has 2 nitrogen and oxygen atoms in total. The molecular weight excluding hydrogens is 235 g/mol. The third kappa shape index (κ3) is 4.00. The molecule has 16 heavy (non-hydrogen) atoms. The fourth-order valence-electron chi connectivity index (χ4n) is 0.732. The lowest BCUT2D eigenvalue weighted by Gasteiger charge is -2.10. The molecule has 0 radical (unpaired) electrons. The van der Waals surface area contributed by atoms with Gasteiger partial charge in [0.25, 0.3) is 0 Å². The Balaban J connectivity index is 5.28. The predicted molar refractivity (Wildman–Crippen MR) is 45.7 cm³/mol. The molecule has 0 saturated carbocycles. The summed E-state index contributed by atoms with van der Waals surface area (Å²) in [5.74, 6) is -6.74. The fraction of sp³-hybridized carbons (Fsp3) is 0.444. The van der Waals surface area contributed by atoms with Crippen LogP contribution in [0.5, 0.6) is 0 Å². The molecule has 0 aliphatic carbocycles. The van der Waals surface area contributed by atoms with Gasteiger partial charge in [-0.15, -0.1) is 0 Å². The minimum absolute atomic E-state index is 0.673. The Hall–Kier alpha value is -1.40. The number of carbonyl (C=O) groups excluding carboxylic acids is 1. The summed E-state index contributed by atoms with van der Waals surface area (Å²) in [5, 5.41) is 0. The number of hydrogen-bond donors (Lipinski definition) is 0. The maximum Gasteiger partial charge on any atom is 0.308 e. The third-order valence-electron chi connectivity index (χ3n) is 1.42. The van der Waals surface area contributed by atoms with Crippen LogP contribution in [0.2, 0.25) is 0 Å². The molecule has 0 amide bonds. The van der Waals surface area contributed by atoms with E-state index in [1.165, 1.54) is 0 Å². The lowest BCUT2D eigenvalue weighted by atomic mass is 10.2. The number of esters is 1. The van der Waals surface area contributed by atoms with Crippen molar-refractivity contribution in [3.63, 3.8) is 0 Å². The molecule has 0 aromatic rings. The van der Waals surface area contributed by atoms with Crippen molar-refractivity contribution >= 4 is 5.97 Å². The van der Waals surface area contributed by atoms with Crippen LogP contribution in [0, 0.1) is 0 Å². The van der Waals surface area contributed by atoms with E-state index in [2.05, 4.69) is 4.74 Å². The molecule has 0 fully saturated rings. The minimum atomic E-state index is -2.83. The Morgan fingerprint density at radius 2 is 1.81 bits per heavy atom. The molecule has 7 heteroatoms. The molecule has 0 aliphatic heterocycles. The average Bonchev–Trinajstić information content (AvgIpc) is 2.22. The van der Waals surface area contributed by atoms with Crippen molar-refractivity contribution in [3.8, 4) is 0 Å². The van der Waals surface area contributed by atoms with Gasteiger partial charge in [-0.3, -0.25) is 4.79 Å². The van der Waals surface area contributed by atoms with Crippen molar-refractivity contribution in [2.24, 2.45) is 0 Å². The summed E-state index contributed by atoms with van der Waals surface area (Å²) in [7, 11) is 0. The van der Waals surface area contributed by atoms with Crippen LogP contribution in [0.25, 0.3) is 0 Å². The normalized spacial score (nSPS) is 17.6. The molecule has 0 rings (SSSR count). The first kappa shape index (κ1) is 14.6. The number of ether oxygens (including phenoxy) is 1. The highest BCUT2D eigenvalue weighted by Crippen LogP contribution is 2.25. The van der Waals surface area contributed by atoms with Crippen LogP contribution in [-0.2, 0) is 9.53 Å². The van der Waals surface area contributed by atoms with E-state index in [9.17, 15) is 26.7 Å². The molecular formula is C9H9F5O2. The summed E-state index contributed by atoms with van der Waals surface area (Å²) in [6.07, 6.45) is -5.86. The van der Waals surface area contributed by atoms with Crippen molar-refractivity contribution in [2.45, 2.75) is 26.2 Å². The molecule has 0 bridgehead atoms. The molecule has 2 unspecified atom stereocenters. The van der Waals surface area contributed by atoms with Gasteiger partial charge in [0, 0.05) is 6.92 Å². The zero-order valence-electron chi connectivity index (χ0n) is 8.44. The van der Waals surface area contributed by atoms with Gasteiger partial charge in [-0.05, 0) is 6.92 Å². The number of carbonyl (C=O) groups is 1. The first-order valence-electron chi connectivity index (χ1n) is 4.13. The highest BCUT2D eigenvalue weighted by molar-refractivity contribution is 5.68. The summed E-state index contributed by atoms with van der Waals surface area (Å²) >= 11 is 0. The van der Waals surface area contributed by atoms with Crippen LogP contribution in [0.4, 0.5) is 22.0 Å². The molecule has 0 N–H and O–H groups in total. The van der Waals surface area contributed by atoms with E-state index in [4.69, 9.17) is 0 Å². The predicted octanol–water partition coefficient (Wildman–Crippen LogP) is 3.21. The Bertz CT molecular complexity index is 322. The van der Waals surface area contributed by atoms with Crippen LogP contribution in [0.15, 0.2) is 23.7 Å². The first-order chi connectivity index (χ1) is 7.31. The van der Waals surface area contributed by atoms with Crippen LogP contribution >= 0.6 is 0 Å². The topological polar surface area (TPSA) is 26.3 Å². The van der Waals surface area contributed by atoms with Crippen LogP contribution < -0.4 is 0 Å². The van der Waals surface area contributed by atoms with E-state index in [-0.39, 0.29) is 0 Å². The second kappa shape index (κ2) is 6.24. The second-order valence-corrected chi connectivity index (χ2v) is 2.81. The summed E-state index contributed by atoms with van der Waals surface area (Å²) in [4.78, 5) is 10.4. The highest BCUT2D eigenvalue weighted by atomic mass is 19.2. The third-order valence-corrected chi connectivity index (χ3v) is 1.42. The van der Waals surface area contributed by atoms with Crippen LogP contribution in [0.1, 0.15) is 13.8 Å². The van der Waals surface area contributed by atoms with E-state index in [0.717, 1.165) is 6.92 Å². The van der Waals surface area contributed by atoms with Crippen molar-refractivity contribution in [1.29, 1.82) is 0 Å². The smallest absolute Gasteiger partial charge is 0.308 e. The zero-order chi connectivity index (χ0) is 12.9. The molecule has 0 aromatic carbocycles. The molecule has 0 aromatic heterocycles. The van der Waals surface area contributed by atoms with Crippen LogP contribution in [-0.4, -0.2) is 18.3 Å². The van der Waals surface area contributed by atoms with Gasteiger partial charge in [-0.25, -0.2) is 22.0 Å². The largest absolute Gasteiger partial charge is 0.421 e.